The molecule has 0 fully saturated rings. The molecule has 2 N–H and O–H groups in total. The molecule has 2 rings (SSSR count). The van der Waals surface area contributed by atoms with E-state index in [1.54, 1.807) is 12.1 Å². The maximum absolute atomic E-state index is 13.0. The van der Waals surface area contributed by atoms with Crippen molar-refractivity contribution in [1.82, 2.24) is 0 Å². The molecular formula is C16H14F2N2O2. The summed E-state index contributed by atoms with van der Waals surface area (Å²) < 4.78 is 25.8. The number of hydrogen-bond donors (Lipinski definition) is 2. The van der Waals surface area contributed by atoms with Gasteiger partial charge in [0.15, 0.2) is 11.6 Å². The van der Waals surface area contributed by atoms with Crippen LogP contribution in [0.25, 0.3) is 0 Å². The Morgan fingerprint density at radius 2 is 1.41 bits per heavy atom. The average molecular weight is 304 g/mol. The maximum atomic E-state index is 13.0. The Bertz CT molecular complexity index is 700. The van der Waals surface area contributed by atoms with Gasteiger partial charge in [0.1, 0.15) is 0 Å². The van der Waals surface area contributed by atoms with Crippen molar-refractivity contribution in [3.63, 3.8) is 0 Å². The molecule has 0 spiro atoms. The van der Waals surface area contributed by atoms with Gasteiger partial charge in [-0.15, -0.1) is 0 Å². The zero-order chi connectivity index (χ0) is 16.1. The third-order valence-electron chi connectivity index (χ3n) is 3.00. The molecule has 2 aromatic rings. The SMILES string of the molecule is CCc1ccc(NC(=O)C(=O)Nc2ccc(F)c(F)c2)cc1. The van der Waals surface area contributed by atoms with Gasteiger partial charge in [-0.25, -0.2) is 8.78 Å². The predicted molar refractivity (Wildman–Crippen MR) is 79.4 cm³/mol. The van der Waals surface area contributed by atoms with E-state index in [1.165, 1.54) is 6.07 Å². The minimum Gasteiger partial charge on any atom is -0.318 e. The second-order valence-electron chi connectivity index (χ2n) is 4.59. The molecule has 0 unspecified atom stereocenters. The molecule has 2 amide bonds. The van der Waals surface area contributed by atoms with E-state index in [1.807, 2.05) is 19.1 Å². The van der Waals surface area contributed by atoms with Crippen LogP contribution in [0.5, 0.6) is 0 Å². The van der Waals surface area contributed by atoms with Crippen molar-refractivity contribution in [3.8, 4) is 0 Å². The second-order valence-corrected chi connectivity index (χ2v) is 4.59. The minimum atomic E-state index is -1.10. The standard InChI is InChI=1S/C16H14F2N2O2/c1-2-10-3-5-11(6-4-10)19-15(21)16(22)20-12-7-8-13(17)14(18)9-12/h3-9H,2H2,1H3,(H,19,21)(H,20,22). The van der Waals surface area contributed by atoms with Crippen molar-refractivity contribution < 1.29 is 18.4 Å². The van der Waals surface area contributed by atoms with Gasteiger partial charge in [0.2, 0.25) is 0 Å². The number of halogens is 2. The molecule has 0 saturated heterocycles. The molecule has 0 aliphatic carbocycles. The largest absolute Gasteiger partial charge is 0.318 e. The van der Waals surface area contributed by atoms with Crippen LogP contribution in [0, 0.1) is 11.6 Å². The summed E-state index contributed by atoms with van der Waals surface area (Å²) in [4.78, 5) is 23.4. The summed E-state index contributed by atoms with van der Waals surface area (Å²) in [7, 11) is 0. The Morgan fingerprint density at radius 1 is 0.864 bits per heavy atom. The zero-order valence-electron chi connectivity index (χ0n) is 11.8. The van der Waals surface area contributed by atoms with Crippen LogP contribution in [-0.2, 0) is 16.0 Å². The molecule has 114 valence electrons. The third-order valence-corrected chi connectivity index (χ3v) is 3.00. The number of hydrogen-bond acceptors (Lipinski definition) is 2. The molecule has 2 aromatic carbocycles. The molecule has 0 aromatic heterocycles. The first kappa shape index (κ1) is 15.6. The van der Waals surface area contributed by atoms with E-state index in [-0.39, 0.29) is 5.69 Å². The van der Waals surface area contributed by atoms with Crippen LogP contribution in [0.4, 0.5) is 20.2 Å². The molecule has 0 heterocycles. The topological polar surface area (TPSA) is 58.2 Å². The molecule has 0 radical (unpaired) electrons. The van der Waals surface area contributed by atoms with Gasteiger partial charge < -0.3 is 10.6 Å². The van der Waals surface area contributed by atoms with Gasteiger partial charge in [0, 0.05) is 17.4 Å². The monoisotopic (exact) mass is 304 g/mol. The number of aryl methyl sites for hydroxylation is 1. The van der Waals surface area contributed by atoms with Crippen LogP contribution in [-0.4, -0.2) is 11.8 Å². The first-order chi connectivity index (χ1) is 10.5. The highest BCUT2D eigenvalue weighted by molar-refractivity contribution is 6.43. The van der Waals surface area contributed by atoms with E-state index in [0.29, 0.717) is 5.69 Å². The Balaban J connectivity index is 1.99. The van der Waals surface area contributed by atoms with E-state index >= 15 is 0 Å². The van der Waals surface area contributed by atoms with Crippen LogP contribution in [0.3, 0.4) is 0 Å². The van der Waals surface area contributed by atoms with Gasteiger partial charge in [-0.1, -0.05) is 19.1 Å². The Hall–Kier alpha value is -2.76. The average Bonchev–Trinajstić information content (AvgIpc) is 2.51. The molecule has 0 aliphatic rings. The Morgan fingerprint density at radius 3 is 1.95 bits per heavy atom. The number of nitrogens with one attached hydrogen (secondary N) is 2. The second kappa shape index (κ2) is 6.80. The van der Waals surface area contributed by atoms with Crippen molar-refractivity contribution >= 4 is 23.2 Å². The van der Waals surface area contributed by atoms with Crippen LogP contribution >= 0.6 is 0 Å². The van der Waals surface area contributed by atoms with E-state index in [4.69, 9.17) is 0 Å². The van der Waals surface area contributed by atoms with Gasteiger partial charge in [0.25, 0.3) is 0 Å². The summed E-state index contributed by atoms with van der Waals surface area (Å²) in [5.41, 5.74) is 1.58. The quantitative estimate of drug-likeness (QED) is 0.856. The lowest BCUT2D eigenvalue weighted by Gasteiger charge is -2.07. The van der Waals surface area contributed by atoms with Gasteiger partial charge in [-0.3, -0.25) is 9.59 Å². The van der Waals surface area contributed by atoms with E-state index < -0.39 is 23.4 Å². The summed E-state index contributed by atoms with van der Waals surface area (Å²) >= 11 is 0. The number of amides is 2. The molecule has 0 aliphatic heterocycles. The van der Waals surface area contributed by atoms with Crippen LogP contribution in [0.15, 0.2) is 42.5 Å². The normalized spacial score (nSPS) is 10.1. The van der Waals surface area contributed by atoms with Gasteiger partial charge in [0.05, 0.1) is 0 Å². The number of carbonyl (C=O) groups excluding carboxylic acids is 2. The van der Waals surface area contributed by atoms with Gasteiger partial charge >= 0.3 is 11.8 Å². The first-order valence-electron chi connectivity index (χ1n) is 6.66. The van der Waals surface area contributed by atoms with Crippen LogP contribution in [0.1, 0.15) is 12.5 Å². The third kappa shape index (κ3) is 3.88. The number of anilines is 2. The lowest BCUT2D eigenvalue weighted by Crippen LogP contribution is -2.29. The fourth-order valence-corrected chi connectivity index (χ4v) is 1.77. The van der Waals surface area contributed by atoms with Crippen molar-refractivity contribution in [3.05, 3.63) is 59.7 Å². The Kier molecular flexibility index (Phi) is 4.83. The van der Waals surface area contributed by atoms with Gasteiger partial charge in [-0.2, -0.15) is 0 Å². The molecule has 22 heavy (non-hydrogen) atoms. The zero-order valence-corrected chi connectivity index (χ0v) is 11.8. The lowest BCUT2D eigenvalue weighted by atomic mass is 10.1. The van der Waals surface area contributed by atoms with Crippen LogP contribution in [0.2, 0.25) is 0 Å². The van der Waals surface area contributed by atoms with E-state index in [2.05, 4.69) is 10.6 Å². The summed E-state index contributed by atoms with van der Waals surface area (Å²) in [5, 5.41) is 4.62. The predicted octanol–water partition coefficient (Wildman–Crippen LogP) is 3.10. The van der Waals surface area contributed by atoms with Gasteiger partial charge in [-0.05, 0) is 36.2 Å². The molecule has 0 saturated carbocycles. The maximum Gasteiger partial charge on any atom is 0.314 e. The summed E-state index contributed by atoms with van der Waals surface area (Å²) in [6.45, 7) is 2.00. The molecule has 6 heteroatoms. The number of benzene rings is 2. The molecular weight excluding hydrogens is 290 g/mol. The van der Waals surface area contributed by atoms with Crippen molar-refractivity contribution in [2.24, 2.45) is 0 Å². The van der Waals surface area contributed by atoms with Crippen LogP contribution < -0.4 is 10.6 Å². The smallest absolute Gasteiger partial charge is 0.314 e. The first-order valence-corrected chi connectivity index (χ1v) is 6.66. The van der Waals surface area contributed by atoms with Crippen molar-refractivity contribution in [2.75, 3.05) is 10.6 Å². The van der Waals surface area contributed by atoms with Crippen molar-refractivity contribution in [1.29, 1.82) is 0 Å². The van der Waals surface area contributed by atoms with E-state index in [9.17, 15) is 18.4 Å². The fourth-order valence-electron chi connectivity index (χ4n) is 1.77. The number of carbonyl (C=O) groups is 2. The molecule has 0 bridgehead atoms. The highest BCUT2D eigenvalue weighted by Crippen LogP contribution is 2.14. The highest BCUT2D eigenvalue weighted by Gasteiger charge is 2.15. The molecule has 0 atom stereocenters. The minimum absolute atomic E-state index is 0.000353. The highest BCUT2D eigenvalue weighted by atomic mass is 19.2. The molecule has 4 nitrogen and oxygen atoms in total. The Labute approximate surface area is 126 Å². The fraction of sp³-hybridized carbons (Fsp3) is 0.125. The summed E-state index contributed by atoms with van der Waals surface area (Å²) in [5.74, 6) is -3.99. The lowest BCUT2D eigenvalue weighted by molar-refractivity contribution is -0.133. The summed E-state index contributed by atoms with van der Waals surface area (Å²) in [6.07, 6.45) is 0.866. The van der Waals surface area contributed by atoms with Crippen molar-refractivity contribution in [2.45, 2.75) is 13.3 Å². The summed E-state index contributed by atoms with van der Waals surface area (Å²) in [6, 6.07) is 9.87. The number of rotatable bonds is 3. The van der Waals surface area contributed by atoms with E-state index in [0.717, 1.165) is 24.1 Å².